The van der Waals surface area contributed by atoms with Gasteiger partial charge >= 0.3 is 0 Å². The minimum atomic E-state index is -3.29. The van der Waals surface area contributed by atoms with Gasteiger partial charge in [-0.15, -0.1) is 0 Å². The zero-order valence-electron chi connectivity index (χ0n) is 5.94. The smallest absolute Gasteiger partial charge is 0.242 e. The number of anilines is 1. The molecule has 0 saturated carbocycles. The van der Waals surface area contributed by atoms with Gasteiger partial charge in [-0.2, -0.15) is 0 Å². The molecular weight excluding hydrogens is 246 g/mol. The molecule has 66 valence electrons. The lowest BCUT2D eigenvalue weighted by Gasteiger charge is -2.02. The summed E-state index contributed by atoms with van der Waals surface area (Å²) < 4.78 is 24.0. The standard InChI is InChI=1S/C5H6BrN3O2S/c6-3-12(10,11)9-5-1-7-4-8-2-5/h1-2,4,9H,3H2. The van der Waals surface area contributed by atoms with Crippen LogP contribution in [-0.4, -0.2) is 23.0 Å². The van der Waals surface area contributed by atoms with Crippen molar-refractivity contribution in [2.75, 3.05) is 9.38 Å². The molecule has 1 N–H and O–H groups in total. The third-order valence-electron chi connectivity index (χ3n) is 0.978. The number of halogens is 1. The van der Waals surface area contributed by atoms with Crippen LogP contribution in [0.4, 0.5) is 5.69 Å². The molecule has 1 aromatic rings. The van der Waals surface area contributed by atoms with Gasteiger partial charge in [-0.3, -0.25) is 4.72 Å². The highest BCUT2D eigenvalue weighted by Gasteiger charge is 2.06. The molecule has 12 heavy (non-hydrogen) atoms. The summed E-state index contributed by atoms with van der Waals surface area (Å²) in [5, 5.41) is 0. The van der Waals surface area contributed by atoms with Gasteiger partial charge in [0, 0.05) is 0 Å². The van der Waals surface area contributed by atoms with Crippen LogP contribution in [0.5, 0.6) is 0 Å². The summed E-state index contributed by atoms with van der Waals surface area (Å²) in [6.07, 6.45) is 4.09. The molecule has 0 atom stereocenters. The number of hydrogen-bond donors (Lipinski definition) is 1. The van der Waals surface area contributed by atoms with Crippen molar-refractivity contribution in [3.63, 3.8) is 0 Å². The minimum Gasteiger partial charge on any atom is -0.280 e. The highest BCUT2D eigenvalue weighted by atomic mass is 79.9. The summed E-state index contributed by atoms with van der Waals surface area (Å²) >= 11 is 2.84. The van der Waals surface area contributed by atoms with E-state index >= 15 is 0 Å². The molecule has 0 unspecified atom stereocenters. The number of hydrogen-bond acceptors (Lipinski definition) is 4. The summed E-state index contributed by atoms with van der Waals surface area (Å²) in [5.41, 5.74) is 0.358. The average molecular weight is 252 g/mol. The summed E-state index contributed by atoms with van der Waals surface area (Å²) in [4.78, 5) is 7.30. The van der Waals surface area contributed by atoms with Gasteiger partial charge in [0.2, 0.25) is 10.0 Å². The summed E-state index contributed by atoms with van der Waals surface area (Å²) in [7, 11) is -3.29. The second-order valence-corrected chi connectivity index (χ2v) is 4.98. The average Bonchev–Trinajstić information content (AvgIpc) is 2.06. The van der Waals surface area contributed by atoms with Crippen molar-refractivity contribution in [1.29, 1.82) is 0 Å². The molecular formula is C5H6BrN3O2S. The van der Waals surface area contributed by atoms with Crippen molar-refractivity contribution in [1.82, 2.24) is 9.97 Å². The Morgan fingerprint density at radius 3 is 2.50 bits per heavy atom. The van der Waals surface area contributed by atoms with Gasteiger partial charge in [-0.1, -0.05) is 15.9 Å². The second kappa shape index (κ2) is 3.81. The first-order valence-corrected chi connectivity index (χ1v) is 5.73. The molecule has 0 fully saturated rings. The Kier molecular flexibility index (Phi) is 2.99. The highest BCUT2D eigenvalue weighted by molar-refractivity contribution is 9.10. The molecule has 0 saturated heterocycles. The largest absolute Gasteiger partial charge is 0.280 e. The van der Waals surface area contributed by atoms with Crippen molar-refractivity contribution in [2.24, 2.45) is 0 Å². The zero-order chi connectivity index (χ0) is 9.03. The number of rotatable bonds is 3. The molecule has 0 aliphatic carbocycles. The fourth-order valence-electron chi connectivity index (χ4n) is 0.559. The van der Waals surface area contributed by atoms with E-state index in [1.807, 2.05) is 0 Å². The third kappa shape index (κ3) is 2.74. The Morgan fingerprint density at radius 2 is 2.00 bits per heavy atom. The first kappa shape index (κ1) is 9.40. The summed E-state index contributed by atoms with van der Waals surface area (Å²) in [6.45, 7) is 0. The Labute approximate surface area is 78.4 Å². The van der Waals surface area contributed by atoms with Gasteiger partial charge in [0.15, 0.2) is 0 Å². The fraction of sp³-hybridized carbons (Fsp3) is 0.200. The SMILES string of the molecule is O=S(=O)(CBr)Nc1cncnc1. The predicted octanol–water partition coefficient (Wildman–Crippen LogP) is 0.571. The third-order valence-corrected chi connectivity index (χ3v) is 3.62. The normalized spacial score (nSPS) is 11.1. The lowest BCUT2D eigenvalue weighted by atomic mass is 10.6. The molecule has 0 aromatic carbocycles. The number of sulfonamides is 1. The predicted molar refractivity (Wildman–Crippen MR) is 48.4 cm³/mol. The van der Waals surface area contributed by atoms with Crippen LogP contribution in [0.15, 0.2) is 18.7 Å². The quantitative estimate of drug-likeness (QED) is 0.798. The molecule has 0 radical (unpaired) electrons. The van der Waals surface area contributed by atoms with E-state index in [0.29, 0.717) is 5.69 Å². The zero-order valence-corrected chi connectivity index (χ0v) is 8.34. The molecule has 7 heteroatoms. The minimum absolute atomic E-state index is 0.144. The van der Waals surface area contributed by atoms with Crippen LogP contribution in [0.3, 0.4) is 0 Å². The maximum absolute atomic E-state index is 11.0. The number of aromatic nitrogens is 2. The monoisotopic (exact) mass is 251 g/mol. The first-order valence-electron chi connectivity index (χ1n) is 2.95. The van der Waals surface area contributed by atoms with E-state index in [1.165, 1.54) is 18.7 Å². The Hall–Kier alpha value is -0.690. The van der Waals surface area contributed by atoms with Crippen LogP contribution in [0.25, 0.3) is 0 Å². The molecule has 0 aliphatic rings. The molecule has 1 rings (SSSR count). The molecule has 5 nitrogen and oxygen atoms in total. The van der Waals surface area contributed by atoms with Crippen LogP contribution >= 0.6 is 15.9 Å². The molecule has 0 bridgehead atoms. The van der Waals surface area contributed by atoms with E-state index in [2.05, 4.69) is 30.6 Å². The molecule has 0 amide bonds. The lowest BCUT2D eigenvalue weighted by Crippen LogP contribution is -2.13. The number of alkyl halides is 1. The second-order valence-electron chi connectivity index (χ2n) is 1.95. The summed E-state index contributed by atoms with van der Waals surface area (Å²) in [5.74, 6) is 0. The van der Waals surface area contributed by atoms with Crippen LogP contribution in [0.2, 0.25) is 0 Å². The van der Waals surface area contributed by atoms with Crippen molar-refractivity contribution in [3.05, 3.63) is 18.7 Å². The molecule has 1 aromatic heterocycles. The van der Waals surface area contributed by atoms with Gasteiger partial charge in [0.25, 0.3) is 0 Å². The number of nitrogens with zero attached hydrogens (tertiary/aromatic N) is 2. The highest BCUT2D eigenvalue weighted by Crippen LogP contribution is 2.05. The first-order chi connectivity index (χ1) is 5.64. The lowest BCUT2D eigenvalue weighted by molar-refractivity contribution is 0.606. The molecule has 0 aliphatic heterocycles. The van der Waals surface area contributed by atoms with Gasteiger partial charge in [-0.25, -0.2) is 18.4 Å². The number of nitrogens with one attached hydrogen (secondary N) is 1. The van der Waals surface area contributed by atoms with E-state index in [1.54, 1.807) is 0 Å². The molecule has 0 spiro atoms. The fourth-order valence-corrected chi connectivity index (χ4v) is 1.42. The Morgan fingerprint density at radius 1 is 1.42 bits per heavy atom. The van der Waals surface area contributed by atoms with E-state index in [0.717, 1.165) is 0 Å². The van der Waals surface area contributed by atoms with Crippen LogP contribution < -0.4 is 4.72 Å². The van der Waals surface area contributed by atoms with Crippen molar-refractivity contribution in [3.8, 4) is 0 Å². The van der Waals surface area contributed by atoms with Gasteiger partial charge in [0.1, 0.15) is 11.0 Å². The summed E-state index contributed by atoms with van der Waals surface area (Å²) in [6, 6.07) is 0. The Bertz CT molecular complexity index is 339. The van der Waals surface area contributed by atoms with Crippen molar-refractivity contribution < 1.29 is 8.42 Å². The van der Waals surface area contributed by atoms with Gasteiger partial charge in [0.05, 0.1) is 18.1 Å². The molecule has 1 heterocycles. The topological polar surface area (TPSA) is 72.0 Å². The van der Waals surface area contributed by atoms with Crippen LogP contribution in [0, 0.1) is 0 Å². The van der Waals surface area contributed by atoms with Gasteiger partial charge in [-0.05, 0) is 0 Å². The van der Waals surface area contributed by atoms with E-state index in [9.17, 15) is 8.42 Å². The maximum Gasteiger partial charge on any atom is 0.242 e. The van der Waals surface area contributed by atoms with E-state index in [-0.39, 0.29) is 4.66 Å². The van der Waals surface area contributed by atoms with Crippen LogP contribution in [-0.2, 0) is 10.0 Å². The van der Waals surface area contributed by atoms with Crippen molar-refractivity contribution in [2.45, 2.75) is 0 Å². The van der Waals surface area contributed by atoms with Gasteiger partial charge < -0.3 is 0 Å². The van der Waals surface area contributed by atoms with Crippen LogP contribution in [0.1, 0.15) is 0 Å². The van der Waals surface area contributed by atoms with E-state index < -0.39 is 10.0 Å². The maximum atomic E-state index is 11.0. The van der Waals surface area contributed by atoms with Crippen molar-refractivity contribution >= 4 is 31.6 Å². The Balaban J connectivity index is 2.78. The van der Waals surface area contributed by atoms with E-state index in [4.69, 9.17) is 0 Å².